The van der Waals surface area contributed by atoms with E-state index in [1.54, 1.807) is 12.1 Å². The van der Waals surface area contributed by atoms with Crippen LogP contribution < -0.4 is 10.1 Å². The molecule has 5 heteroatoms. The lowest BCUT2D eigenvalue weighted by atomic mass is 9.86. The number of rotatable bonds is 6. The van der Waals surface area contributed by atoms with Crippen molar-refractivity contribution >= 4 is 11.9 Å². The molecule has 0 bridgehead atoms. The van der Waals surface area contributed by atoms with E-state index in [0.717, 1.165) is 24.2 Å². The van der Waals surface area contributed by atoms with E-state index < -0.39 is 12.0 Å². The van der Waals surface area contributed by atoms with E-state index in [2.05, 4.69) is 5.32 Å². The average molecular weight is 331 g/mol. The van der Waals surface area contributed by atoms with Crippen molar-refractivity contribution in [3.05, 3.63) is 29.3 Å². The minimum atomic E-state index is -1.03. The second-order valence-corrected chi connectivity index (χ2v) is 6.85. The van der Waals surface area contributed by atoms with Gasteiger partial charge in [-0.3, -0.25) is 4.79 Å². The summed E-state index contributed by atoms with van der Waals surface area (Å²) in [5, 5.41) is 12.2. The van der Waals surface area contributed by atoms with Gasteiger partial charge in [0.25, 0.3) is 0 Å². The van der Waals surface area contributed by atoms with Crippen LogP contribution in [0, 0.1) is 5.92 Å². The van der Waals surface area contributed by atoms with Crippen molar-refractivity contribution in [3.8, 4) is 5.75 Å². The smallest absolute Gasteiger partial charge is 0.330 e. The maximum absolute atomic E-state index is 12.2. The van der Waals surface area contributed by atoms with Gasteiger partial charge in [0.05, 0.1) is 6.61 Å². The molecule has 1 aliphatic heterocycles. The zero-order valence-electron chi connectivity index (χ0n) is 13.9. The summed E-state index contributed by atoms with van der Waals surface area (Å²) in [5.41, 5.74) is 1.62. The first kappa shape index (κ1) is 16.8. The van der Waals surface area contributed by atoms with Gasteiger partial charge in [0.1, 0.15) is 5.75 Å². The Hall–Kier alpha value is -2.04. The van der Waals surface area contributed by atoms with Gasteiger partial charge in [0.15, 0.2) is 6.04 Å². The Labute approximate surface area is 142 Å². The normalized spacial score (nSPS) is 18.5. The highest BCUT2D eigenvalue weighted by Gasteiger charge is 2.24. The Morgan fingerprint density at radius 3 is 2.79 bits per heavy atom. The van der Waals surface area contributed by atoms with Gasteiger partial charge in [-0.25, -0.2) is 4.79 Å². The van der Waals surface area contributed by atoms with Gasteiger partial charge in [-0.2, -0.15) is 0 Å². The third-order valence-electron chi connectivity index (χ3n) is 5.10. The number of ether oxygens (including phenoxy) is 1. The van der Waals surface area contributed by atoms with Crippen molar-refractivity contribution < 1.29 is 19.4 Å². The Balaban J connectivity index is 1.59. The van der Waals surface area contributed by atoms with Crippen LogP contribution >= 0.6 is 0 Å². The van der Waals surface area contributed by atoms with Crippen molar-refractivity contribution in [2.24, 2.45) is 5.92 Å². The second-order valence-electron chi connectivity index (χ2n) is 6.85. The molecule has 0 radical (unpaired) electrons. The SMILES string of the molecule is O=C(CCC1CCCCC1)NC(C(=O)O)c1ccc2c(c1)CCO2. The first-order chi connectivity index (χ1) is 11.6. The molecule has 0 spiro atoms. The average Bonchev–Trinajstić information content (AvgIpc) is 3.06. The van der Waals surface area contributed by atoms with Gasteiger partial charge >= 0.3 is 5.97 Å². The van der Waals surface area contributed by atoms with Gasteiger partial charge in [-0.15, -0.1) is 0 Å². The van der Waals surface area contributed by atoms with Crippen LogP contribution in [0.3, 0.4) is 0 Å². The van der Waals surface area contributed by atoms with Gasteiger partial charge in [-0.05, 0) is 35.6 Å². The Bertz CT molecular complexity index is 607. The first-order valence-electron chi connectivity index (χ1n) is 8.91. The number of aliphatic carboxylic acids is 1. The van der Waals surface area contributed by atoms with Gasteiger partial charge in [-0.1, -0.05) is 38.2 Å². The number of carbonyl (C=O) groups excluding carboxylic acids is 1. The molecular weight excluding hydrogens is 306 g/mol. The van der Waals surface area contributed by atoms with Crippen LogP contribution in [0.5, 0.6) is 5.75 Å². The molecule has 1 atom stereocenters. The number of hydrogen-bond acceptors (Lipinski definition) is 3. The van der Waals surface area contributed by atoms with E-state index >= 15 is 0 Å². The molecule has 2 N–H and O–H groups in total. The lowest BCUT2D eigenvalue weighted by molar-refractivity contribution is -0.142. The Morgan fingerprint density at radius 2 is 2.04 bits per heavy atom. The summed E-state index contributed by atoms with van der Waals surface area (Å²) < 4.78 is 5.45. The highest BCUT2D eigenvalue weighted by Crippen LogP contribution is 2.29. The maximum atomic E-state index is 12.2. The summed E-state index contributed by atoms with van der Waals surface area (Å²) in [6.45, 7) is 0.629. The molecule has 1 fully saturated rings. The van der Waals surface area contributed by atoms with Crippen LogP contribution in [0.15, 0.2) is 18.2 Å². The van der Waals surface area contributed by atoms with Gasteiger partial charge < -0.3 is 15.2 Å². The van der Waals surface area contributed by atoms with Crippen LogP contribution in [-0.4, -0.2) is 23.6 Å². The largest absolute Gasteiger partial charge is 0.493 e. The summed E-state index contributed by atoms with van der Waals surface area (Å²) in [6.07, 6.45) is 8.24. The van der Waals surface area contributed by atoms with Crippen LogP contribution in [-0.2, 0) is 16.0 Å². The molecule has 1 unspecified atom stereocenters. The molecule has 1 amide bonds. The van der Waals surface area contributed by atoms with E-state index in [9.17, 15) is 14.7 Å². The van der Waals surface area contributed by atoms with Gasteiger partial charge in [0.2, 0.25) is 5.91 Å². The molecule has 1 aliphatic carbocycles. The van der Waals surface area contributed by atoms with E-state index in [0.29, 0.717) is 24.5 Å². The lowest BCUT2D eigenvalue weighted by Gasteiger charge is -2.21. The molecule has 5 nitrogen and oxygen atoms in total. The molecule has 1 heterocycles. The van der Waals surface area contributed by atoms with E-state index in [4.69, 9.17) is 4.74 Å². The van der Waals surface area contributed by atoms with Crippen molar-refractivity contribution in [3.63, 3.8) is 0 Å². The fourth-order valence-corrected chi connectivity index (χ4v) is 3.72. The Kier molecular flexibility index (Phi) is 5.38. The number of benzene rings is 1. The first-order valence-corrected chi connectivity index (χ1v) is 8.91. The molecule has 0 aromatic heterocycles. The zero-order chi connectivity index (χ0) is 16.9. The fraction of sp³-hybridized carbons (Fsp3) is 0.579. The quantitative estimate of drug-likeness (QED) is 0.839. The van der Waals surface area contributed by atoms with Crippen LogP contribution in [0.4, 0.5) is 0 Å². The molecule has 24 heavy (non-hydrogen) atoms. The van der Waals surface area contributed by atoms with Gasteiger partial charge in [0, 0.05) is 12.8 Å². The van der Waals surface area contributed by atoms with Crippen LogP contribution in [0.2, 0.25) is 0 Å². The van der Waals surface area contributed by atoms with Crippen molar-refractivity contribution in [2.75, 3.05) is 6.61 Å². The van der Waals surface area contributed by atoms with E-state index in [1.807, 2.05) is 6.07 Å². The number of amides is 1. The zero-order valence-corrected chi connectivity index (χ0v) is 13.9. The monoisotopic (exact) mass is 331 g/mol. The number of carbonyl (C=O) groups is 2. The maximum Gasteiger partial charge on any atom is 0.330 e. The summed E-state index contributed by atoms with van der Waals surface area (Å²) in [7, 11) is 0. The molecule has 0 saturated heterocycles. The molecule has 1 aromatic rings. The van der Waals surface area contributed by atoms with Crippen molar-refractivity contribution in [1.29, 1.82) is 0 Å². The Morgan fingerprint density at radius 1 is 1.25 bits per heavy atom. The minimum absolute atomic E-state index is 0.176. The van der Waals surface area contributed by atoms with Crippen molar-refractivity contribution in [2.45, 2.75) is 57.4 Å². The number of nitrogens with one attached hydrogen (secondary N) is 1. The van der Waals surface area contributed by atoms with E-state index in [-0.39, 0.29) is 5.91 Å². The number of carboxylic acids is 1. The number of carboxylic acid groups (broad SMARTS) is 1. The molecule has 1 saturated carbocycles. The number of fused-ring (bicyclic) bond motifs is 1. The number of hydrogen-bond donors (Lipinski definition) is 2. The summed E-state index contributed by atoms with van der Waals surface area (Å²) >= 11 is 0. The summed E-state index contributed by atoms with van der Waals surface area (Å²) in [5.74, 6) is 0.223. The molecule has 1 aromatic carbocycles. The molecular formula is C19H25NO4. The van der Waals surface area contributed by atoms with E-state index in [1.165, 1.54) is 32.1 Å². The predicted octanol–water partition coefficient (Wildman–Crippen LogP) is 3.22. The van der Waals surface area contributed by atoms with Crippen LogP contribution in [0.1, 0.15) is 62.1 Å². The highest BCUT2D eigenvalue weighted by molar-refractivity contribution is 5.84. The molecule has 3 rings (SSSR count). The van der Waals surface area contributed by atoms with Crippen LogP contribution in [0.25, 0.3) is 0 Å². The molecule has 2 aliphatic rings. The molecule has 130 valence electrons. The summed E-state index contributed by atoms with van der Waals surface area (Å²) in [4.78, 5) is 23.8. The topological polar surface area (TPSA) is 75.6 Å². The second kappa shape index (κ2) is 7.69. The lowest BCUT2D eigenvalue weighted by Crippen LogP contribution is -2.34. The van der Waals surface area contributed by atoms with Crippen molar-refractivity contribution in [1.82, 2.24) is 5.32 Å². The standard InChI is InChI=1S/C19H25NO4/c21-17(9-6-13-4-2-1-3-5-13)20-18(19(22)23)15-7-8-16-14(12-15)10-11-24-16/h7-8,12-13,18H,1-6,9-11H2,(H,20,21)(H,22,23). The third kappa shape index (κ3) is 4.08. The predicted molar refractivity (Wildman–Crippen MR) is 90.0 cm³/mol. The minimum Gasteiger partial charge on any atom is -0.493 e. The summed E-state index contributed by atoms with van der Waals surface area (Å²) in [6, 6.07) is 4.36. The highest BCUT2D eigenvalue weighted by atomic mass is 16.5. The third-order valence-corrected chi connectivity index (χ3v) is 5.10. The fourth-order valence-electron chi connectivity index (χ4n) is 3.72.